The average Bonchev–Trinajstić information content (AvgIpc) is 3.08. The van der Waals surface area contributed by atoms with Gasteiger partial charge in [-0.1, -0.05) is 84.9 Å². The Hall–Kier alpha value is -5.29. The van der Waals surface area contributed by atoms with Crippen LogP contribution in [0.3, 0.4) is 0 Å². The van der Waals surface area contributed by atoms with Crippen LogP contribution in [0.25, 0.3) is 0 Å². The fraction of sp³-hybridized carbons (Fsp3) is 0.306. The Morgan fingerprint density at radius 3 is 1.96 bits per heavy atom. The first kappa shape index (κ1) is 36.2. The molecule has 0 spiro atoms. The Labute approximate surface area is 273 Å². The van der Waals surface area contributed by atoms with E-state index in [1.807, 2.05) is 84.9 Å². The van der Waals surface area contributed by atoms with Crippen molar-refractivity contribution in [1.29, 1.82) is 0 Å². The van der Waals surface area contributed by atoms with Crippen LogP contribution < -0.4 is 5.32 Å². The van der Waals surface area contributed by atoms with Gasteiger partial charge in [-0.15, -0.1) is 0 Å². The van der Waals surface area contributed by atoms with Gasteiger partial charge >= 0.3 is 23.9 Å². The number of hydrogen-bond acceptors (Lipinski definition) is 8. The first-order chi connectivity index (χ1) is 22.6. The third kappa shape index (κ3) is 11.9. The zero-order valence-electron chi connectivity index (χ0n) is 26.4. The molecule has 4 rings (SSSR count). The summed E-state index contributed by atoms with van der Waals surface area (Å²) in [5.74, 6) is -3.62. The van der Waals surface area contributed by atoms with Crippen molar-refractivity contribution in [2.45, 2.75) is 64.4 Å². The summed E-state index contributed by atoms with van der Waals surface area (Å²) in [6.45, 7) is 4.17. The molecular weight excluding hydrogens is 604 g/mol. The SMILES string of the molecule is CCOC(=O)[C@H](CCc1ccccc1)N[C@@H](C)C(=O)N1Cc2ccccc2C[C@H]1C(=O)OCc1ccccc1.O=C(O)/C=C\C(=O)O. The summed E-state index contributed by atoms with van der Waals surface area (Å²) in [4.78, 5) is 60.5. The number of aryl methyl sites for hydroxylation is 1. The lowest BCUT2D eigenvalue weighted by Crippen LogP contribution is -2.56. The number of amides is 1. The molecule has 1 aliphatic rings. The molecule has 3 aromatic carbocycles. The van der Waals surface area contributed by atoms with Gasteiger partial charge in [0.05, 0.1) is 12.6 Å². The van der Waals surface area contributed by atoms with Crippen molar-refractivity contribution in [3.05, 3.63) is 119 Å². The molecule has 3 N–H and O–H groups in total. The van der Waals surface area contributed by atoms with Crippen LogP contribution in [0.15, 0.2) is 97.1 Å². The summed E-state index contributed by atoms with van der Waals surface area (Å²) in [5, 5.41) is 18.8. The lowest BCUT2D eigenvalue weighted by atomic mass is 9.93. The normalized spacial score (nSPS) is 14.9. The second-order valence-electron chi connectivity index (χ2n) is 10.8. The monoisotopic (exact) mass is 644 g/mol. The second kappa shape index (κ2) is 18.6. The second-order valence-corrected chi connectivity index (χ2v) is 10.8. The number of fused-ring (bicyclic) bond motifs is 1. The van der Waals surface area contributed by atoms with E-state index in [-0.39, 0.29) is 19.1 Å². The summed E-state index contributed by atoms with van der Waals surface area (Å²) in [6.07, 6.45) is 2.62. The van der Waals surface area contributed by atoms with Crippen LogP contribution in [0, 0.1) is 0 Å². The van der Waals surface area contributed by atoms with Crippen LogP contribution in [-0.2, 0) is 59.4 Å². The predicted molar refractivity (Wildman–Crippen MR) is 173 cm³/mol. The first-order valence-electron chi connectivity index (χ1n) is 15.3. The van der Waals surface area contributed by atoms with Gasteiger partial charge in [0, 0.05) is 25.1 Å². The largest absolute Gasteiger partial charge is 0.478 e. The minimum Gasteiger partial charge on any atom is -0.478 e. The van der Waals surface area contributed by atoms with E-state index in [1.165, 1.54) is 0 Å². The maximum Gasteiger partial charge on any atom is 0.329 e. The van der Waals surface area contributed by atoms with E-state index >= 15 is 0 Å². The van der Waals surface area contributed by atoms with Crippen LogP contribution in [0.4, 0.5) is 0 Å². The molecule has 0 fully saturated rings. The van der Waals surface area contributed by atoms with Crippen LogP contribution in [0.2, 0.25) is 0 Å². The van der Waals surface area contributed by atoms with Crippen LogP contribution in [-0.4, -0.2) is 69.6 Å². The summed E-state index contributed by atoms with van der Waals surface area (Å²) < 4.78 is 11.0. The first-order valence-corrected chi connectivity index (χ1v) is 15.3. The Kier molecular flexibility index (Phi) is 14.3. The van der Waals surface area contributed by atoms with E-state index < -0.39 is 42.0 Å². The van der Waals surface area contributed by atoms with Gasteiger partial charge in [-0.3, -0.25) is 14.9 Å². The Morgan fingerprint density at radius 1 is 0.830 bits per heavy atom. The number of carbonyl (C=O) groups excluding carboxylic acids is 3. The quantitative estimate of drug-likeness (QED) is 0.184. The van der Waals surface area contributed by atoms with E-state index in [0.717, 1.165) is 22.3 Å². The maximum atomic E-state index is 13.8. The van der Waals surface area contributed by atoms with E-state index in [4.69, 9.17) is 19.7 Å². The van der Waals surface area contributed by atoms with Crippen molar-refractivity contribution in [3.8, 4) is 0 Å². The lowest BCUT2D eigenvalue weighted by molar-refractivity contribution is -0.158. The minimum atomic E-state index is -1.26. The molecule has 0 saturated carbocycles. The van der Waals surface area contributed by atoms with Crippen molar-refractivity contribution in [2.24, 2.45) is 0 Å². The number of rotatable bonds is 13. The van der Waals surface area contributed by atoms with Gasteiger partial charge in [0.1, 0.15) is 18.7 Å². The number of nitrogens with one attached hydrogen (secondary N) is 1. The standard InChI is InChI=1S/C32H36N2O5.C4H4O4/c1-3-38-31(36)28(19-18-24-12-6-4-7-13-24)33-23(2)30(35)34-21-27-17-11-10-16-26(27)20-29(34)32(37)39-22-25-14-8-5-9-15-25;5-3(6)1-2-4(7)8/h4-17,23,28-29,33H,3,18-22H2,1-2H3;1-2H,(H,5,6)(H,7,8)/b;2-1-/t23-,28-,29-;/m0./s1. The van der Waals surface area contributed by atoms with E-state index in [0.29, 0.717) is 38.0 Å². The molecule has 11 heteroatoms. The van der Waals surface area contributed by atoms with Crippen molar-refractivity contribution < 1.29 is 43.7 Å². The average molecular weight is 645 g/mol. The number of benzene rings is 3. The Balaban J connectivity index is 0.000000665. The Morgan fingerprint density at radius 2 is 1.38 bits per heavy atom. The molecule has 0 bridgehead atoms. The molecule has 0 radical (unpaired) electrons. The number of ether oxygens (including phenoxy) is 2. The van der Waals surface area contributed by atoms with Gasteiger partial charge in [0.15, 0.2) is 0 Å². The highest BCUT2D eigenvalue weighted by molar-refractivity contribution is 5.90. The molecule has 3 atom stereocenters. The van der Waals surface area contributed by atoms with Crippen molar-refractivity contribution in [3.63, 3.8) is 0 Å². The van der Waals surface area contributed by atoms with E-state index in [9.17, 15) is 24.0 Å². The molecule has 3 aromatic rings. The molecular formula is C36H40N2O9. The molecule has 47 heavy (non-hydrogen) atoms. The van der Waals surface area contributed by atoms with Crippen LogP contribution in [0.1, 0.15) is 42.5 Å². The number of hydrogen-bond donors (Lipinski definition) is 3. The number of esters is 2. The highest BCUT2D eigenvalue weighted by atomic mass is 16.5. The zero-order valence-corrected chi connectivity index (χ0v) is 26.4. The molecule has 0 aromatic heterocycles. The third-order valence-electron chi connectivity index (χ3n) is 7.35. The van der Waals surface area contributed by atoms with Crippen LogP contribution in [0.5, 0.6) is 0 Å². The van der Waals surface area contributed by atoms with Gasteiger partial charge in [-0.25, -0.2) is 14.4 Å². The predicted octanol–water partition coefficient (Wildman–Crippen LogP) is 3.94. The molecule has 0 unspecified atom stereocenters. The molecule has 248 valence electrons. The molecule has 1 heterocycles. The summed E-state index contributed by atoms with van der Waals surface area (Å²) in [7, 11) is 0. The smallest absolute Gasteiger partial charge is 0.329 e. The van der Waals surface area contributed by atoms with Gasteiger partial charge in [-0.05, 0) is 48.9 Å². The summed E-state index contributed by atoms with van der Waals surface area (Å²) in [6, 6.07) is 25.0. The van der Waals surface area contributed by atoms with Gasteiger partial charge in [-0.2, -0.15) is 0 Å². The highest BCUT2D eigenvalue weighted by Gasteiger charge is 2.38. The molecule has 11 nitrogen and oxygen atoms in total. The number of carboxylic acids is 2. The molecule has 0 aliphatic carbocycles. The number of carbonyl (C=O) groups is 5. The minimum absolute atomic E-state index is 0.137. The van der Waals surface area contributed by atoms with Crippen molar-refractivity contribution >= 4 is 29.8 Å². The topological polar surface area (TPSA) is 160 Å². The molecule has 1 aliphatic heterocycles. The molecule has 1 amide bonds. The van der Waals surface area contributed by atoms with Crippen molar-refractivity contribution in [1.82, 2.24) is 10.2 Å². The third-order valence-corrected chi connectivity index (χ3v) is 7.35. The summed E-state index contributed by atoms with van der Waals surface area (Å²) in [5.41, 5.74) is 4.00. The number of carboxylic acid groups (broad SMARTS) is 2. The van der Waals surface area contributed by atoms with Crippen LogP contribution >= 0.6 is 0 Å². The fourth-order valence-electron chi connectivity index (χ4n) is 5.02. The Bertz CT molecular complexity index is 1510. The number of nitrogens with zero attached hydrogens (tertiary/aromatic N) is 1. The lowest BCUT2D eigenvalue weighted by Gasteiger charge is -2.37. The summed E-state index contributed by atoms with van der Waals surface area (Å²) >= 11 is 0. The zero-order chi connectivity index (χ0) is 34.2. The van der Waals surface area contributed by atoms with Crippen molar-refractivity contribution in [2.75, 3.05) is 6.61 Å². The number of aliphatic carboxylic acids is 2. The van der Waals surface area contributed by atoms with Gasteiger partial charge in [0.25, 0.3) is 0 Å². The fourth-order valence-corrected chi connectivity index (χ4v) is 5.02. The molecule has 0 saturated heterocycles. The van der Waals surface area contributed by atoms with Gasteiger partial charge in [0.2, 0.25) is 5.91 Å². The highest BCUT2D eigenvalue weighted by Crippen LogP contribution is 2.25. The van der Waals surface area contributed by atoms with E-state index in [1.54, 1.807) is 18.7 Å². The van der Waals surface area contributed by atoms with E-state index in [2.05, 4.69) is 5.32 Å². The van der Waals surface area contributed by atoms with Gasteiger partial charge < -0.3 is 24.6 Å². The maximum absolute atomic E-state index is 13.8.